The Bertz CT molecular complexity index is 871. The number of nitrogens with zero attached hydrogens (tertiary/aromatic N) is 4. The summed E-state index contributed by atoms with van der Waals surface area (Å²) >= 11 is 0. The highest BCUT2D eigenvalue weighted by Crippen LogP contribution is 2.49. The summed E-state index contributed by atoms with van der Waals surface area (Å²) in [7, 11) is 0. The van der Waals surface area contributed by atoms with Gasteiger partial charge >= 0.3 is 6.18 Å². The van der Waals surface area contributed by atoms with Gasteiger partial charge in [0.1, 0.15) is 5.75 Å². The van der Waals surface area contributed by atoms with Crippen LogP contribution >= 0.6 is 0 Å². The van der Waals surface area contributed by atoms with Crippen LogP contribution in [0.1, 0.15) is 49.9 Å². The molecule has 0 atom stereocenters. The number of hydrogen-bond acceptors (Lipinski definition) is 6. The van der Waals surface area contributed by atoms with Crippen LogP contribution in [-0.4, -0.2) is 46.5 Å². The highest BCUT2D eigenvalue weighted by atomic mass is 19.4. The number of aromatic nitrogens is 1. The van der Waals surface area contributed by atoms with Gasteiger partial charge in [-0.2, -0.15) is 13.2 Å². The van der Waals surface area contributed by atoms with Crippen LogP contribution in [0.15, 0.2) is 16.4 Å². The maximum absolute atomic E-state index is 13.0. The third-order valence-electron chi connectivity index (χ3n) is 5.99. The van der Waals surface area contributed by atoms with Crippen LogP contribution in [0, 0.1) is 12.8 Å². The Morgan fingerprint density at radius 2 is 1.93 bits per heavy atom. The molecule has 0 unspecified atom stereocenters. The van der Waals surface area contributed by atoms with Crippen LogP contribution in [0.2, 0.25) is 0 Å². The van der Waals surface area contributed by atoms with E-state index in [0.29, 0.717) is 38.3 Å². The van der Waals surface area contributed by atoms with E-state index < -0.39 is 17.6 Å². The highest BCUT2D eigenvalue weighted by molar-refractivity contribution is 5.79. The van der Waals surface area contributed by atoms with Gasteiger partial charge < -0.3 is 14.4 Å². The van der Waals surface area contributed by atoms with Gasteiger partial charge in [0.2, 0.25) is 11.7 Å². The number of pyridine rings is 1. The number of fused-ring (bicyclic) bond motifs is 1. The SMILES string of the molecule is Cc1ncc(CC(=O)N2CCC(CC3(C(F)(F)F)N=N3)CC2)c2c1OC(C)(C)OC2. The van der Waals surface area contributed by atoms with Crippen LogP contribution in [0.25, 0.3) is 0 Å². The molecule has 0 aliphatic carbocycles. The van der Waals surface area contributed by atoms with Crippen molar-refractivity contribution in [1.82, 2.24) is 9.88 Å². The first-order valence-electron chi connectivity index (χ1n) is 10.1. The molecule has 3 aliphatic heterocycles. The number of piperidine rings is 1. The minimum Gasteiger partial charge on any atom is -0.461 e. The molecule has 7 nitrogen and oxygen atoms in total. The second-order valence-electron chi connectivity index (χ2n) is 8.69. The van der Waals surface area contributed by atoms with Gasteiger partial charge in [-0.15, -0.1) is 10.2 Å². The summed E-state index contributed by atoms with van der Waals surface area (Å²) in [5.74, 6) is -0.316. The van der Waals surface area contributed by atoms with Crippen molar-refractivity contribution in [3.63, 3.8) is 0 Å². The van der Waals surface area contributed by atoms with Crippen LogP contribution in [0.5, 0.6) is 5.75 Å². The van der Waals surface area contributed by atoms with E-state index in [1.54, 1.807) is 11.1 Å². The molecule has 30 heavy (non-hydrogen) atoms. The number of ether oxygens (including phenoxy) is 2. The molecular formula is C20H25F3N4O3. The van der Waals surface area contributed by atoms with Gasteiger partial charge in [0, 0.05) is 45.1 Å². The molecule has 0 radical (unpaired) electrons. The Kier molecular flexibility index (Phi) is 5.03. The molecule has 0 bridgehead atoms. The van der Waals surface area contributed by atoms with Crippen molar-refractivity contribution < 1.29 is 27.4 Å². The Hall–Kier alpha value is -2.23. The Balaban J connectivity index is 1.36. The number of carbonyl (C=O) groups is 1. The number of amides is 1. The summed E-state index contributed by atoms with van der Waals surface area (Å²) in [6, 6.07) is 0. The minimum atomic E-state index is -4.43. The maximum Gasteiger partial charge on any atom is 0.437 e. The first kappa shape index (κ1) is 21.0. The lowest BCUT2D eigenvalue weighted by molar-refractivity contribution is -0.180. The highest BCUT2D eigenvalue weighted by Gasteiger charge is 2.64. The van der Waals surface area contributed by atoms with Gasteiger partial charge in [-0.05, 0) is 31.2 Å². The fourth-order valence-electron chi connectivity index (χ4n) is 4.08. The third-order valence-corrected chi connectivity index (χ3v) is 5.99. The average molecular weight is 426 g/mol. The summed E-state index contributed by atoms with van der Waals surface area (Å²) in [6.45, 7) is 6.69. The van der Waals surface area contributed by atoms with E-state index in [9.17, 15) is 18.0 Å². The normalized spacial score (nSPS) is 22.4. The standard InChI is InChI=1S/C20H25F3N4O3/c1-12-17-15(11-29-18(2,3)30-17)14(10-24-12)8-16(28)27-6-4-13(5-7-27)9-19(25-26-19)20(21,22)23/h10,13H,4-9,11H2,1-3H3. The van der Waals surface area contributed by atoms with Gasteiger partial charge in [0.25, 0.3) is 5.66 Å². The Morgan fingerprint density at radius 3 is 2.53 bits per heavy atom. The molecule has 1 aromatic heterocycles. The monoisotopic (exact) mass is 426 g/mol. The Morgan fingerprint density at radius 1 is 1.27 bits per heavy atom. The maximum atomic E-state index is 13.0. The fraction of sp³-hybridized carbons (Fsp3) is 0.700. The van der Waals surface area contributed by atoms with E-state index in [-0.39, 0.29) is 24.7 Å². The topological polar surface area (TPSA) is 76.4 Å². The molecule has 164 valence electrons. The van der Waals surface area contributed by atoms with Crippen LogP contribution in [0.4, 0.5) is 13.2 Å². The van der Waals surface area contributed by atoms with Crippen LogP contribution in [-0.2, 0) is 22.6 Å². The first-order valence-corrected chi connectivity index (χ1v) is 10.1. The first-order chi connectivity index (χ1) is 14.0. The van der Waals surface area contributed by atoms with Crippen molar-refractivity contribution in [1.29, 1.82) is 0 Å². The molecule has 0 N–H and O–H groups in total. The smallest absolute Gasteiger partial charge is 0.437 e. The summed E-state index contributed by atoms with van der Waals surface area (Å²) in [4.78, 5) is 18.9. The van der Waals surface area contributed by atoms with E-state index >= 15 is 0 Å². The van der Waals surface area contributed by atoms with Crippen LogP contribution < -0.4 is 4.74 Å². The van der Waals surface area contributed by atoms with E-state index in [4.69, 9.17) is 9.47 Å². The van der Waals surface area contributed by atoms with Crippen molar-refractivity contribution in [2.45, 2.75) is 70.7 Å². The molecule has 4 heterocycles. The summed E-state index contributed by atoms with van der Waals surface area (Å²) in [5, 5.41) is 6.51. The molecule has 1 aromatic rings. The molecule has 0 saturated carbocycles. The van der Waals surface area contributed by atoms with Crippen molar-refractivity contribution in [2.75, 3.05) is 13.1 Å². The predicted octanol–water partition coefficient (Wildman–Crippen LogP) is 3.93. The van der Waals surface area contributed by atoms with Crippen molar-refractivity contribution in [3.8, 4) is 5.75 Å². The molecule has 3 aliphatic rings. The minimum absolute atomic E-state index is 0.0718. The van der Waals surface area contributed by atoms with E-state index in [2.05, 4.69) is 15.2 Å². The molecule has 0 aromatic carbocycles. The summed E-state index contributed by atoms with van der Waals surface area (Å²) < 4.78 is 50.7. The number of carbonyl (C=O) groups excluding carboxylic acids is 1. The number of rotatable bonds is 4. The molecule has 4 rings (SSSR count). The van der Waals surface area contributed by atoms with Crippen LogP contribution in [0.3, 0.4) is 0 Å². The zero-order valence-corrected chi connectivity index (χ0v) is 17.3. The van der Waals surface area contributed by atoms with E-state index in [1.165, 1.54) is 0 Å². The quantitative estimate of drug-likeness (QED) is 0.731. The van der Waals surface area contributed by atoms with Crippen molar-refractivity contribution in [3.05, 3.63) is 23.0 Å². The lowest BCUT2D eigenvalue weighted by Crippen LogP contribution is -2.42. The summed E-state index contributed by atoms with van der Waals surface area (Å²) in [5.41, 5.74) is 0.122. The van der Waals surface area contributed by atoms with Gasteiger partial charge in [-0.25, -0.2) is 0 Å². The van der Waals surface area contributed by atoms with Gasteiger partial charge in [0.05, 0.1) is 18.7 Å². The third kappa shape index (κ3) is 4.01. The van der Waals surface area contributed by atoms with Crippen molar-refractivity contribution >= 4 is 5.91 Å². The van der Waals surface area contributed by atoms with Crippen molar-refractivity contribution in [2.24, 2.45) is 16.1 Å². The van der Waals surface area contributed by atoms with E-state index in [1.807, 2.05) is 20.8 Å². The summed E-state index contributed by atoms with van der Waals surface area (Å²) in [6.07, 6.45) is -1.70. The van der Waals surface area contributed by atoms with Gasteiger partial charge in [-0.1, -0.05) is 0 Å². The zero-order chi connectivity index (χ0) is 21.7. The second-order valence-corrected chi connectivity index (χ2v) is 8.69. The molecule has 1 saturated heterocycles. The number of halogens is 3. The molecule has 0 spiro atoms. The van der Waals surface area contributed by atoms with E-state index in [0.717, 1.165) is 16.8 Å². The number of likely N-dealkylation sites (tertiary alicyclic amines) is 1. The van der Waals surface area contributed by atoms with Gasteiger partial charge in [0.15, 0.2) is 0 Å². The Labute approximate surface area is 172 Å². The molecule has 1 amide bonds. The number of hydrogen-bond donors (Lipinski definition) is 0. The fourth-order valence-corrected chi connectivity index (χ4v) is 4.08. The number of alkyl halides is 3. The average Bonchev–Trinajstić information content (AvgIpc) is 3.45. The molecule has 10 heteroatoms. The lowest BCUT2D eigenvalue weighted by Gasteiger charge is -2.35. The predicted molar refractivity (Wildman–Crippen MR) is 99.7 cm³/mol. The van der Waals surface area contributed by atoms with Gasteiger partial charge in [-0.3, -0.25) is 9.78 Å². The zero-order valence-electron chi connectivity index (χ0n) is 17.3. The molecule has 1 fully saturated rings. The second kappa shape index (κ2) is 7.18. The number of aryl methyl sites for hydroxylation is 1. The largest absolute Gasteiger partial charge is 0.461 e. The lowest BCUT2D eigenvalue weighted by atomic mass is 9.88. The molecular weight excluding hydrogens is 401 g/mol.